The van der Waals surface area contributed by atoms with Crippen LogP contribution < -0.4 is 15.4 Å². The van der Waals surface area contributed by atoms with Crippen molar-refractivity contribution in [3.8, 4) is 5.88 Å². The highest BCUT2D eigenvalue weighted by molar-refractivity contribution is 5.98. The molecule has 1 amide bonds. The Hall–Kier alpha value is -3.85. The number of fused-ring (bicyclic) bond motifs is 1. The maximum atomic E-state index is 13.6. The van der Waals surface area contributed by atoms with Crippen molar-refractivity contribution in [1.82, 2.24) is 15.2 Å². The number of ether oxygens (including phenoxy) is 1. The van der Waals surface area contributed by atoms with Gasteiger partial charge in [0.05, 0.1) is 11.7 Å². The van der Waals surface area contributed by atoms with E-state index in [1.807, 2.05) is 51.2 Å². The van der Waals surface area contributed by atoms with Crippen LogP contribution in [0.25, 0.3) is 0 Å². The fourth-order valence-corrected chi connectivity index (χ4v) is 4.72. The number of anilines is 1. The quantitative estimate of drug-likeness (QED) is 0.352. The van der Waals surface area contributed by atoms with Crippen molar-refractivity contribution in [2.75, 3.05) is 25.5 Å². The van der Waals surface area contributed by atoms with Gasteiger partial charge in [0.25, 0.3) is 0 Å². The summed E-state index contributed by atoms with van der Waals surface area (Å²) in [6, 6.07) is 16.7. The number of aromatic nitrogens is 1. The summed E-state index contributed by atoms with van der Waals surface area (Å²) in [4.78, 5) is 20.1. The van der Waals surface area contributed by atoms with Gasteiger partial charge >= 0.3 is 6.18 Å². The van der Waals surface area contributed by atoms with Crippen molar-refractivity contribution in [1.29, 1.82) is 0 Å². The summed E-state index contributed by atoms with van der Waals surface area (Å²) in [5, 5.41) is 6.29. The number of amides is 1. The van der Waals surface area contributed by atoms with E-state index in [4.69, 9.17) is 4.74 Å². The number of hydrogen-bond acceptors (Lipinski definition) is 5. The normalized spacial score (nSPS) is 15.3. The largest absolute Gasteiger partial charge is 0.475 e. The van der Waals surface area contributed by atoms with Crippen LogP contribution in [0.1, 0.15) is 48.9 Å². The number of allylic oxidation sites excluding steroid dienone is 1. The number of nitrogens with zero attached hydrogens (tertiary/aromatic N) is 2. The molecule has 3 aromatic rings. The SMILES string of the molecule is CC1=C(C(=O)NCCN(C)Cc2ccccc2)C(c2ccc(C(F)(F)F)cc2)c2c(ccnc2OC(C)C)N1. The number of carbonyl (C=O) groups is 1. The van der Waals surface area contributed by atoms with E-state index in [9.17, 15) is 18.0 Å². The van der Waals surface area contributed by atoms with E-state index in [1.54, 1.807) is 19.2 Å². The highest BCUT2D eigenvalue weighted by Crippen LogP contribution is 2.46. The fraction of sp³-hybridized carbons (Fsp3) is 0.333. The van der Waals surface area contributed by atoms with Gasteiger partial charge < -0.3 is 20.3 Å². The van der Waals surface area contributed by atoms with Gasteiger partial charge in [0.1, 0.15) is 0 Å². The summed E-state index contributed by atoms with van der Waals surface area (Å²) in [5.74, 6) is -0.642. The molecule has 0 aliphatic carbocycles. The minimum atomic E-state index is -4.46. The molecule has 0 saturated carbocycles. The smallest absolute Gasteiger partial charge is 0.416 e. The Balaban J connectivity index is 1.62. The third-order valence-corrected chi connectivity index (χ3v) is 6.49. The molecule has 0 bridgehead atoms. The zero-order valence-electron chi connectivity index (χ0n) is 22.5. The molecule has 1 aliphatic heterocycles. The van der Waals surface area contributed by atoms with E-state index in [0.717, 1.165) is 18.7 Å². The summed E-state index contributed by atoms with van der Waals surface area (Å²) in [5.41, 5.74) is 3.30. The summed E-state index contributed by atoms with van der Waals surface area (Å²) in [7, 11) is 1.98. The number of likely N-dealkylation sites (N-methyl/N-ethyl adjacent to an activating group) is 1. The van der Waals surface area contributed by atoms with E-state index in [2.05, 4.69) is 20.5 Å². The summed E-state index contributed by atoms with van der Waals surface area (Å²) >= 11 is 0. The predicted molar refractivity (Wildman–Crippen MR) is 145 cm³/mol. The average Bonchev–Trinajstić information content (AvgIpc) is 2.87. The molecule has 2 N–H and O–H groups in total. The number of alkyl halides is 3. The van der Waals surface area contributed by atoms with Crippen molar-refractivity contribution in [3.05, 3.63) is 100 Å². The Kier molecular flexibility index (Phi) is 8.60. The summed E-state index contributed by atoms with van der Waals surface area (Å²) in [6.45, 7) is 7.28. The average molecular weight is 539 g/mol. The number of rotatable bonds is 9. The summed E-state index contributed by atoms with van der Waals surface area (Å²) < 4.78 is 45.9. The minimum Gasteiger partial charge on any atom is -0.475 e. The van der Waals surface area contributed by atoms with Crippen LogP contribution in [0.2, 0.25) is 0 Å². The first-order valence-electron chi connectivity index (χ1n) is 12.9. The van der Waals surface area contributed by atoms with E-state index in [0.29, 0.717) is 47.1 Å². The van der Waals surface area contributed by atoms with Crippen LogP contribution in [0.15, 0.2) is 78.1 Å². The molecule has 2 aromatic carbocycles. The van der Waals surface area contributed by atoms with Crippen LogP contribution >= 0.6 is 0 Å². The van der Waals surface area contributed by atoms with Crippen molar-refractivity contribution in [3.63, 3.8) is 0 Å². The van der Waals surface area contributed by atoms with Gasteiger partial charge in [-0.05, 0) is 57.1 Å². The lowest BCUT2D eigenvalue weighted by molar-refractivity contribution is -0.137. The molecule has 0 fully saturated rings. The predicted octanol–water partition coefficient (Wildman–Crippen LogP) is 5.97. The van der Waals surface area contributed by atoms with Crippen LogP contribution in [-0.2, 0) is 17.5 Å². The van der Waals surface area contributed by atoms with Crippen LogP contribution in [0.5, 0.6) is 5.88 Å². The highest BCUT2D eigenvalue weighted by atomic mass is 19.4. The summed E-state index contributed by atoms with van der Waals surface area (Å²) in [6.07, 6.45) is -3.05. The number of nitrogens with one attached hydrogen (secondary N) is 2. The third kappa shape index (κ3) is 6.78. The molecule has 9 heteroatoms. The second-order valence-electron chi connectivity index (χ2n) is 9.94. The van der Waals surface area contributed by atoms with E-state index >= 15 is 0 Å². The standard InChI is InChI=1S/C30H33F3N4O2/c1-19(2)39-29-27-24(14-15-35-29)36-20(3)25(26(27)22-10-12-23(13-11-22)30(31,32)33)28(38)34-16-17-37(4)18-21-8-6-5-7-9-21/h5-15,19,26,36H,16-18H2,1-4H3,(H,34,38). The van der Waals surface area contributed by atoms with Gasteiger partial charge in [-0.25, -0.2) is 4.98 Å². The molecule has 0 radical (unpaired) electrons. The molecule has 0 saturated heterocycles. The molecule has 1 atom stereocenters. The van der Waals surface area contributed by atoms with E-state index in [1.165, 1.54) is 17.7 Å². The van der Waals surface area contributed by atoms with Gasteiger partial charge in [0, 0.05) is 54.3 Å². The number of benzene rings is 2. The van der Waals surface area contributed by atoms with Gasteiger partial charge in [0.2, 0.25) is 11.8 Å². The van der Waals surface area contributed by atoms with Gasteiger partial charge in [-0.1, -0.05) is 42.5 Å². The van der Waals surface area contributed by atoms with Gasteiger partial charge in [-0.15, -0.1) is 0 Å². The maximum absolute atomic E-state index is 13.6. The molecule has 1 aromatic heterocycles. The molecule has 1 aliphatic rings. The number of carbonyl (C=O) groups excluding carboxylic acids is 1. The molecule has 1 unspecified atom stereocenters. The third-order valence-electron chi connectivity index (χ3n) is 6.49. The monoisotopic (exact) mass is 538 g/mol. The lowest BCUT2D eigenvalue weighted by Gasteiger charge is -2.32. The van der Waals surface area contributed by atoms with E-state index in [-0.39, 0.29) is 12.0 Å². The second kappa shape index (κ2) is 11.9. The molecule has 206 valence electrons. The maximum Gasteiger partial charge on any atom is 0.416 e. The minimum absolute atomic E-state index is 0.193. The lowest BCUT2D eigenvalue weighted by atomic mass is 9.80. The van der Waals surface area contributed by atoms with Crippen molar-refractivity contribution in [2.45, 2.75) is 45.5 Å². The first-order chi connectivity index (χ1) is 18.5. The Morgan fingerprint density at radius 2 is 1.79 bits per heavy atom. The van der Waals surface area contributed by atoms with Gasteiger partial charge in [0.15, 0.2) is 0 Å². The molecular weight excluding hydrogens is 505 g/mol. The number of halogens is 3. The molecular formula is C30H33F3N4O2. The fourth-order valence-electron chi connectivity index (χ4n) is 4.72. The first kappa shape index (κ1) is 28.2. The lowest BCUT2D eigenvalue weighted by Crippen LogP contribution is -2.36. The molecule has 0 spiro atoms. The second-order valence-corrected chi connectivity index (χ2v) is 9.94. The topological polar surface area (TPSA) is 66.5 Å². The molecule has 2 heterocycles. The Morgan fingerprint density at radius 1 is 1.10 bits per heavy atom. The zero-order valence-corrected chi connectivity index (χ0v) is 22.5. The van der Waals surface area contributed by atoms with Crippen LogP contribution in [0.3, 0.4) is 0 Å². The first-order valence-corrected chi connectivity index (χ1v) is 12.9. The number of hydrogen-bond donors (Lipinski definition) is 2. The zero-order chi connectivity index (χ0) is 28.2. The highest BCUT2D eigenvalue weighted by Gasteiger charge is 2.36. The Morgan fingerprint density at radius 3 is 2.44 bits per heavy atom. The van der Waals surface area contributed by atoms with Gasteiger partial charge in [-0.3, -0.25) is 4.79 Å². The van der Waals surface area contributed by atoms with Crippen molar-refractivity contribution >= 4 is 11.6 Å². The van der Waals surface area contributed by atoms with Gasteiger partial charge in [-0.2, -0.15) is 13.2 Å². The van der Waals surface area contributed by atoms with Crippen LogP contribution in [-0.4, -0.2) is 42.0 Å². The van der Waals surface area contributed by atoms with Crippen LogP contribution in [0.4, 0.5) is 18.9 Å². The Bertz CT molecular complexity index is 1320. The Labute approximate surface area is 226 Å². The molecule has 4 rings (SSSR count). The van der Waals surface area contributed by atoms with Crippen molar-refractivity contribution < 1.29 is 22.7 Å². The molecule has 6 nitrogen and oxygen atoms in total. The molecule has 39 heavy (non-hydrogen) atoms. The van der Waals surface area contributed by atoms with E-state index < -0.39 is 17.7 Å². The van der Waals surface area contributed by atoms with Crippen LogP contribution in [0, 0.1) is 0 Å². The number of pyridine rings is 1. The van der Waals surface area contributed by atoms with Crippen molar-refractivity contribution in [2.24, 2.45) is 0 Å².